The molecule has 2 rings (SSSR count). The Bertz CT molecular complexity index is 610. The van der Waals surface area contributed by atoms with Crippen LogP contribution in [-0.2, 0) is 0 Å². The number of carbonyl (C=O) groups excluding carboxylic acids is 1. The van der Waals surface area contributed by atoms with Crippen LogP contribution in [0.4, 0.5) is 11.4 Å². The predicted molar refractivity (Wildman–Crippen MR) is 70.7 cm³/mol. The Morgan fingerprint density at radius 2 is 1.89 bits per heavy atom. The van der Waals surface area contributed by atoms with E-state index in [1.165, 1.54) is 19.2 Å². The van der Waals surface area contributed by atoms with Gasteiger partial charge in [-0.3, -0.25) is 4.79 Å². The number of aldehydes is 1. The topological polar surface area (TPSA) is 71.2 Å². The monoisotopic (exact) mass is 256 g/mol. The Morgan fingerprint density at radius 3 is 2.53 bits per heavy atom. The molecule has 5 nitrogen and oxygen atoms in total. The number of methoxy groups -OCH3 is 1. The van der Waals surface area contributed by atoms with Gasteiger partial charge in [0.15, 0.2) is 6.29 Å². The van der Waals surface area contributed by atoms with E-state index < -0.39 is 0 Å². The van der Waals surface area contributed by atoms with E-state index in [9.17, 15) is 9.90 Å². The molecular weight excluding hydrogens is 244 g/mol. The summed E-state index contributed by atoms with van der Waals surface area (Å²) in [5, 5.41) is 17.6. The van der Waals surface area contributed by atoms with Crippen molar-refractivity contribution >= 4 is 17.7 Å². The van der Waals surface area contributed by atoms with Crippen molar-refractivity contribution in [2.45, 2.75) is 0 Å². The quantitative estimate of drug-likeness (QED) is 0.670. The molecule has 19 heavy (non-hydrogen) atoms. The third-order valence-corrected chi connectivity index (χ3v) is 2.48. The molecule has 0 aromatic heterocycles. The molecule has 1 N–H and O–H groups in total. The van der Waals surface area contributed by atoms with Crippen LogP contribution >= 0.6 is 0 Å². The minimum atomic E-state index is -0.148. The van der Waals surface area contributed by atoms with Crippen molar-refractivity contribution in [3.8, 4) is 11.5 Å². The van der Waals surface area contributed by atoms with Crippen LogP contribution < -0.4 is 4.74 Å². The van der Waals surface area contributed by atoms with E-state index in [2.05, 4.69) is 10.2 Å². The lowest BCUT2D eigenvalue weighted by atomic mass is 10.2. The molecule has 2 aromatic rings. The van der Waals surface area contributed by atoms with Crippen LogP contribution in [0.1, 0.15) is 10.4 Å². The maximum absolute atomic E-state index is 10.8. The van der Waals surface area contributed by atoms with Gasteiger partial charge in [-0.15, -0.1) is 5.11 Å². The van der Waals surface area contributed by atoms with Gasteiger partial charge in [-0.1, -0.05) is 18.2 Å². The minimum Gasteiger partial charge on any atom is -0.507 e. The Labute approximate surface area is 110 Å². The van der Waals surface area contributed by atoms with E-state index >= 15 is 0 Å². The van der Waals surface area contributed by atoms with Gasteiger partial charge in [-0.25, -0.2) is 0 Å². The number of benzene rings is 2. The molecule has 0 fully saturated rings. The summed E-state index contributed by atoms with van der Waals surface area (Å²) in [6.45, 7) is 0. The summed E-state index contributed by atoms with van der Waals surface area (Å²) < 4.78 is 5.08. The van der Waals surface area contributed by atoms with Crippen molar-refractivity contribution in [1.29, 1.82) is 0 Å². The van der Waals surface area contributed by atoms with Gasteiger partial charge in [0, 0.05) is 6.07 Å². The first-order valence-corrected chi connectivity index (χ1v) is 5.57. The molecule has 0 radical (unpaired) electrons. The summed E-state index contributed by atoms with van der Waals surface area (Å²) in [6, 6.07) is 11.9. The number of phenols is 1. The average Bonchev–Trinajstić information content (AvgIpc) is 2.46. The Balaban J connectivity index is 2.38. The minimum absolute atomic E-state index is 0.141. The van der Waals surface area contributed by atoms with Gasteiger partial charge in [0.05, 0.1) is 18.4 Å². The van der Waals surface area contributed by atoms with Gasteiger partial charge in [0.2, 0.25) is 0 Å². The van der Waals surface area contributed by atoms with Gasteiger partial charge >= 0.3 is 0 Å². The predicted octanol–water partition coefficient (Wildman–Crippen LogP) is 3.63. The van der Waals surface area contributed by atoms with Crippen LogP contribution in [0.25, 0.3) is 0 Å². The normalized spacial score (nSPS) is 10.6. The number of hydrogen-bond donors (Lipinski definition) is 1. The first-order chi connectivity index (χ1) is 9.24. The Morgan fingerprint density at radius 1 is 1.16 bits per heavy atom. The largest absolute Gasteiger partial charge is 0.507 e. The molecule has 0 aliphatic carbocycles. The van der Waals surface area contributed by atoms with Gasteiger partial charge in [0.1, 0.15) is 17.2 Å². The lowest BCUT2D eigenvalue weighted by Crippen LogP contribution is -1.87. The standard InChI is InChI=1S/C14H12N2O3/c1-19-14-8-13(18)10(9-17)7-12(14)16-15-11-5-3-2-4-6-11/h2-9,18H,1H3/b16-15+. The molecule has 0 bridgehead atoms. The molecular formula is C14H12N2O3. The molecule has 0 amide bonds. The number of ether oxygens (including phenoxy) is 1. The van der Waals surface area contributed by atoms with E-state index in [1.54, 1.807) is 12.1 Å². The molecule has 0 heterocycles. The molecule has 0 aliphatic heterocycles. The summed E-state index contributed by atoms with van der Waals surface area (Å²) >= 11 is 0. The molecule has 0 atom stereocenters. The van der Waals surface area contributed by atoms with E-state index in [0.29, 0.717) is 23.4 Å². The highest BCUT2D eigenvalue weighted by molar-refractivity contribution is 5.82. The van der Waals surface area contributed by atoms with Crippen LogP contribution in [0.5, 0.6) is 11.5 Å². The zero-order valence-electron chi connectivity index (χ0n) is 10.3. The van der Waals surface area contributed by atoms with E-state index in [-0.39, 0.29) is 11.3 Å². The fourth-order valence-corrected chi connectivity index (χ4v) is 1.52. The first kappa shape index (κ1) is 12.8. The van der Waals surface area contributed by atoms with Crippen LogP contribution in [0, 0.1) is 0 Å². The zero-order valence-corrected chi connectivity index (χ0v) is 10.3. The summed E-state index contributed by atoms with van der Waals surface area (Å²) in [7, 11) is 1.46. The number of azo groups is 1. The highest BCUT2D eigenvalue weighted by Gasteiger charge is 2.09. The number of carbonyl (C=O) groups is 1. The molecule has 5 heteroatoms. The maximum atomic E-state index is 10.8. The number of phenolic OH excluding ortho intramolecular Hbond substituents is 1. The van der Waals surface area contributed by atoms with Crippen molar-refractivity contribution in [3.63, 3.8) is 0 Å². The Hall–Kier alpha value is -2.69. The van der Waals surface area contributed by atoms with Gasteiger partial charge in [-0.05, 0) is 18.2 Å². The summed E-state index contributed by atoms with van der Waals surface area (Å²) in [5.74, 6) is 0.202. The average molecular weight is 256 g/mol. The second kappa shape index (κ2) is 5.77. The number of rotatable bonds is 4. The molecule has 0 spiro atoms. The third kappa shape index (κ3) is 2.95. The number of hydrogen-bond acceptors (Lipinski definition) is 5. The fraction of sp³-hybridized carbons (Fsp3) is 0.0714. The molecule has 0 saturated carbocycles. The molecule has 96 valence electrons. The number of nitrogens with zero attached hydrogens (tertiary/aromatic N) is 2. The molecule has 2 aromatic carbocycles. The fourth-order valence-electron chi connectivity index (χ4n) is 1.52. The van der Waals surface area contributed by atoms with Crippen molar-refractivity contribution < 1.29 is 14.6 Å². The van der Waals surface area contributed by atoms with Crippen molar-refractivity contribution in [2.75, 3.05) is 7.11 Å². The van der Waals surface area contributed by atoms with Crippen LogP contribution in [0.2, 0.25) is 0 Å². The summed E-state index contributed by atoms with van der Waals surface area (Å²) in [5.41, 5.74) is 1.21. The zero-order chi connectivity index (χ0) is 13.7. The SMILES string of the molecule is COc1cc(O)c(C=O)cc1/N=N/c1ccccc1. The van der Waals surface area contributed by atoms with Crippen LogP contribution in [0.3, 0.4) is 0 Å². The van der Waals surface area contributed by atoms with Crippen molar-refractivity contribution in [1.82, 2.24) is 0 Å². The molecule has 0 aliphatic rings. The molecule has 0 saturated heterocycles. The summed E-state index contributed by atoms with van der Waals surface area (Å²) in [6.07, 6.45) is 0.552. The maximum Gasteiger partial charge on any atom is 0.153 e. The van der Waals surface area contributed by atoms with Gasteiger partial charge in [0.25, 0.3) is 0 Å². The molecule has 0 unspecified atom stereocenters. The van der Waals surface area contributed by atoms with E-state index in [1.807, 2.05) is 18.2 Å². The van der Waals surface area contributed by atoms with Crippen LogP contribution in [-0.4, -0.2) is 18.5 Å². The number of aromatic hydroxyl groups is 1. The van der Waals surface area contributed by atoms with Gasteiger partial charge in [-0.2, -0.15) is 5.11 Å². The second-order valence-corrected chi connectivity index (χ2v) is 3.74. The van der Waals surface area contributed by atoms with Gasteiger partial charge < -0.3 is 9.84 Å². The first-order valence-electron chi connectivity index (χ1n) is 5.57. The smallest absolute Gasteiger partial charge is 0.153 e. The van der Waals surface area contributed by atoms with E-state index in [4.69, 9.17) is 4.74 Å². The second-order valence-electron chi connectivity index (χ2n) is 3.74. The van der Waals surface area contributed by atoms with E-state index in [0.717, 1.165) is 0 Å². The highest BCUT2D eigenvalue weighted by Crippen LogP contribution is 2.34. The third-order valence-electron chi connectivity index (χ3n) is 2.48. The lowest BCUT2D eigenvalue weighted by molar-refractivity contribution is 0.112. The lowest BCUT2D eigenvalue weighted by Gasteiger charge is -2.05. The van der Waals surface area contributed by atoms with Crippen LogP contribution in [0.15, 0.2) is 52.7 Å². The summed E-state index contributed by atoms with van der Waals surface area (Å²) in [4.78, 5) is 10.8. The van der Waals surface area contributed by atoms with Crippen molar-refractivity contribution in [3.05, 3.63) is 48.0 Å². The highest BCUT2D eigenvalue weighted by atomic mass is 16.5. The Kier molecular flexibility index (Phi) is 3.87. The van der Waals surface area contributed by atoms with Crippen molar-refractivity contribution in [2.24, 2.45) is 10.2 Å².